The van der Waals surface area contributed by atoms with Crippen LogP contribution in [0.1, 0.15) is 53.6 Å². The third kappa shape index (κ3) is 4.23. The van der Waals surface area contributed by atoms with E-state index in [9.17, 15) is 4.79 Å². The van der Waals surface area contributed by atoms with Gasteiger partial charge >= 0.3 is 0 Å². The van der Waals surface area contributed by atoms with E-state index < -0.39 is 0 Å². The summed E-state index contributed by atoms with van der Waals surface area (Å²) in [5.41, 5.74) is 3.42. The van der Waals surface area contributed by atoms with Crippen molar-refractivity contribution in [2.75, 3.05) is 26.8 Å². The highest BCUT2D eigenvalue weighted by molar-refractivity contribution is 6.30. The Bertz CT molecular complexity index is 1070. The number of benzene rings is 2. The highest BCUT2D eigenvalue weighted by atomic mass is 35.5. The molecule has 6 heteroatoms. The van der Waals surface area contributed by atoms with Gasteiger partial charge < -0.3 is 14.8 Å². The number of ether oxygens (including phenoxy) is 2. The van der Waals surface area contributed by atoms with Gasteiger partial charge in [0.05, 0.1) is 25.9 Å². The molecule has 3 bridgehead atoms. The number of fused-ring (bicyclic) bond motifs is 1. The van der Waals surface area contributed by atoms with E-state index in [2.05, 4.69) is 28.4 Å². The first-order chi connectivity index (χ1) is 16.5. The summed E-state index contributed by atoms with van der Waals surface area (Å²) in [5.74, 6) is 1.71. The van der Waals surface area contributed by atoms with E-state index in [1.54, 1.807) is 31.4 Å². The fourth-order valence-corrected chi connectivity index (χ4v) is 6.65. The highest BCUT2D eigenvalue weighted by Crippen LogP contribution is 2.49. The lowest BCUT2D eigenvalue weighted by atomic mass is 9.69. The Hall–Kier alpha value is -2.08. The molecule has 34 heavy (non-hydrogen) atoms. The van der Waals surface area contributed by atoms with Crippen LogP contribution in [0.4, 0.5) is 0 Å². The molecule has 0 aromatic heterocycles. The maximum Gasteiger partial charge on any atom is 0.251 e. The van der Waals surface area contributed by atoms with Crippen molar-refractivity contribution in [1.29, 1.82) is 0 Å². The Balaban J connectivity index is 1.33. The fourth-order valence-electron chi connectivity index (χ4n) is 6.52. The molecule has 2 aromatic rings. The van der Waals surface area contributed by atoms with Crippen molar-refractivity contribution in [3.05, 3.63) is 64.2 Å². The third-order valence-corrected chi connectivity index (χ3v) is 8.72. The maximum absolute atomic E-state index is 13.1. The molecule has 3 fully saturated rings. The predicted octanol–water partition coefficient (Wildman–Crippen LogP) is 4.60. The second kappa shape index (κ2) is 8.85. The van der Waals surface area contributed by atoms with Gasteiger partial charge in [0.15, 0.2) is 0 Å². The molecule has 5 nitrogen and oxygen atoms in total. The Morgan fingerprint density at radius 1 is 1.21 bits per heavy atom. The van der Waals surface area contributed by atoms with Crippen molar-refractivity contribution >= 4 is 17.5 Å². The Morgan fingerprint density at radius 2 is 2.03 bits per heavy atom. The minimum atomic E-state index is -0.0653. The molecule has 0 radical (unpaired) electrons. The number of likely N-dealkylation sites (tertiary alicyclic amines) is 1. The van der Waals surface area contributed by atoms with Gasteiger partial charge in [-0.05, 0) is 98.5 Å². The molecule has 1 amide bonds. The van der Waals surface area contributed by atoms with Gasteiger partial charge in [-0.15, -0.1) is 0 Å². The van der Waals surface area contributed by atoms with Gasteiger partial charge in [-0.3, -0.25) is 9.69 Å². The molecule has 180 valence electrons. The number of nitrogens with zero attached hydrogens (tertiary/aromatic N) is 1. The van der Waals surface area contributed by atoms with Gasteiger partial charge in [0.2, 0.25) is 0 Å². The molecule has 2 heterocycles. The number of amides is 1. The quantitative estimate of drug-likeness (QED) is 0.679. The van der Waals surface area contributed by atoms with Gasteiger partial charge in [-0.2, -0.15) is 0 Å². The van der Waals surface area contributed by atoms with Crippen molar-refractivity contribution in [2.45, 2.75) is 62.1 Å². The molecule has 2 aliphatic heterocycles. The summed E-state index contributed by atoms with van der Waals surface area (Å²) < 4.78 is 12.3. The van der Waals surface area contributed by atoms with Crippen molar-refractivity contribution in [3.63, 3.8) is 0 Å². The van der Waals surface area contributed by atoms with E-state index in [-0.39, 0.29) is 23.5 Å². The van der Waals surface area contributed by atoms with Crippen molar-refractivity contribution in [3.8, 4) is 5.75 Å². The Kier molecular flexibility index (Phi) is 5.83. The van der Waals surface area contributed by atoms with Crippen LogP contribution in [0.5, 0.6) is 5.75 Å². The zero-order valence-corrected chi connectivity index (χ0v) is 20.5. The molecule has 0 spiro atoms. The van der Waals surface area contributed by atoms with Crippen LogP contribution in [0, 0.1) is 5.92 Å². The molecule has 6 rings (SSSR count). The SMILES string of the molecule is COc1ccc2c(c1)[C@]13CCN(CC4CC4)[C@H](C2)C(C1)OCC(NC(=O)c1ccc(Cl)cc1)C3. The molecule has 1 N–H and O–H groups in total. The first-order valence-corrected chi connectivity index (χ1v) is 13.0. The molecular weight excluding hydrogens is 448 g/mol. The first-order valence-electron chi connectivity index (χ1n) is 12.6. The van der Waals surface area contributed by atoms with Crippen LogP contribution in [0.15, 0.2) is 42.5 Å². The van der Waals surface area contributed by atoms with Crippen LogP contribution < -0.4 is 10.1 Å². The lowest BCUT2D eigenvalue weighted by Crippen LogP contribution is -2.48. The van der Waals surface area contributed by atoms with E-state index in [0.717, 1.165) is 43.9 Å². The summed E-state index contributed by atoms with van der Waals surface area (Å²) in [5, 5.41) is 3.92. The number of methoxy groups -OCH3 is 1. The lowest BCUT2D eigenvalue weighted by Gasteiger charge is -2.39. The van der Waals surface area contributed by atoms with E-state index in [0.29, 0.717) is 23.2 Å². The van der Waals surface area contributed by atoms with Gasteiger partial charge in [0.1, 0.15) is 5.75 Å². The second-order valence-electron chi connectivity index (χ2n) is 10.7. The molecule has 4 aliphatic rings. The first kappa shape index (κ1) is 22.4. The predicted molar refractivity (Wildman–Crippen MR) is 133 cm³/mol. The smallest absolute Gasteiger partial charge is 0.251 e. The normalized spacial score (nSPS) is 30.6. The van der Waals surface area contributed by atoms with E-state index >= 15 is 0 Å². The maximum atomic E-state index is 13.1. The van der Waals surface area contributed by atoms with Crippen LogP contribution in [-0.2, 0) is 16.6 Å². The van der Waals surface area contributed by atoms with Crippen molar-refractivity contribution in [1.82, 2.24) is 10.2 Å². The summed E-state index contributed by atoms with van der Waals surface area (Å²) in [6.45, 7) is 2.84. The van der Waals surface area contributed by atoms with Crippen molar-refractivity contribution in [2.24, 2.45) is 5.92 Å². The summed E-state index contributed by atoms with van der Waals surface area (Å²) >= 11 is 6.02. The number of carbonyl (C=O) groups is 1. The van der Waals surface area contributed by atoms with E-state index in [4.69, 9.17) is 21.1 Å². The van der Waals surface area contributed by atoms with Crippen LogP contribution in [0.25, 0.3) is 0 Å². The zero-order valence-electron chi connectivity index (χ0n) is 19.8. The summed E-state index contributed by atoms with van der Waals surface area (Å²) in [4.78, 5) is 15.8. The highest BCUT2D eigenvalue weighted by Gasteiger charge is 2.50. The molecule has 1 saturated carbocycles. The zero-order chi connectivity index (χ0) is 23.3. The average molecular weight is 481 g/mol. The summed E-state index contributed by atoms with van der Waals surface area (Å²) in [6.07, 6.45) is 6.92. The van der Waals surface area contributed by atoms with Crippen molar-refractivity contribution < 1.29 is 14.3 Å². The van der Waals surface area contributed by atoms with Gasteiger partial charge in [-0.1, -0.05) is 17.7 Å². The standard InChI is InChI=1S/C28H33ClN2O3/c1-33-23-9-6-20-12-25-26-15-28(24(20)13-23,10-11-31(25)16-18-2-3-18)14-22(17-34-26)30-27(32)19-4-7-21(29)8-5-19/h4-9,13,18,22,25-26H,2-3,10-12,14-17H2,1H3,(H,30,32)/t22?,25-,26?,28+/m1/s1. The lowest BCUT2D eigenvalue weighted by molar-refractivity contribution is -0.0122. The number of carbonyl (C=O) groups excluding carboxylic acids is 1. The van der Waals surface area contributed by atoms with E-state index in [1.165, 1.54) is 30.5 Å². The topological polar surface area (TPSA) is 50.8 Å². The number of hydrogen-bond donors (Lipinski definition) is 1. The van der Waals surface area contributed by atoms with Crippen LogP contribution in [0.2, 0.25) is 5.02 Å². The molecule has 2 unspecified atom stereocenters. The molecule has 2 aliphatic carbocycles. The largest absolute Gasteiger partial charge is 0.497 e. The van der Waals surface area contributed by atoms with Gasteiger partial charge in [0, 0.05) is 28.6 Å². The molecule has 2 aromatic carbocycles. The monoisotopic (exact) mass is 480 g/mol. The Labute approximate surface area is 206 Å². The van der Waals surface area contributed by atoms with Gasteiger partial charge in [0.25, 0.3) is 5.91 Å². The van der Waals surface area contributed by atoms with Crippen LogP contribution >= 0.6 is 11.6 Å². The number of hydrogen-bond acceptors (Lipinski definition) is 4. The van der Waals surface area contributed by atoms with Crippen LogP contribution in [-0.4, -0.2) is 55.8 Å². The van der Waals surface area contributed by atoms with Crippen LogP contribution in [0.3, 0.4) is 0 Å². The third-order valence-electron chi connectivity index (χ3n) is 8.46. The molecule has 4 atom stereocenters. The van der Waals surface area contributed by atoms with Gasteiger partial charge in [-0.25, -0.2) is 0 Å². The second-order valence-corrected chi connectivity index (χ2v) is 11.2. The minimum Gasteiger partial charge on any atom is -0.497 e. The number of halogens is 1. The number of rotatable bonds is 5. The number of nitrogens with one attached hydrogen (secondary N) is 1. The fraction of sp³-hybridized carbons (Fsp3) is 0.536. The average Bonchev–Trinajstić information content (AvgIpc) is 3.69. The summed E-state index contributed by atoms with van der Waals surface area (Å²) in [7, 11) is 1.74. The van der Waals surface area contributed by atoms with E-state index in [1.807, 2.05) is 0 Å². The molecule has 2 saturated heterocycles. The summed E-state index contributed by atoms with van der Waals surface area (Å²) in [6, 6.07) is 14.1. The minimum absolute atomic E-state index is 0.0317. The molecular formula is C28H33ClN2O3. The Morgan fingerprint density at radius 3 is 2.79 bits per heavy atom.